The van der Waals surface area contributed by atoms with E-state index < -0.39 is 34.2 Å². The highest BCUT2D eigenvalue weighted by Crippen LogP contribution is 2.00. The van der Waals surface area contributed by atoms with Crippen molar-refractivity contribution in [3.8, 4) is 0 Å². The Morgan fingerprint density at radius 1 is 1.31 bits per heavy atom. The van der Waals surface area contributed by atoms with Crippen LogP contribution in [0, 0.1) is 0 Å². The van der Waals surface area contributed by atoms with Crippen LogP contribution in [0.25, 0.3) is 0 Å². The summed E-state index contributed by atoms with van der Waals surface area (Å²) in [6.07, 6.45) is -0.509. The molecule has 0 bridgehead atoms. The van der Waals surface area contributed by atoms with E-state index >= 15 is 0 Å². The van der Waals surface area contributed by atoms with Gasteiger partial charge in [0.1, 0.15) is 0 Å². The zero-order valence-corrected chi connectivity index (χ0v) is 9.20. The molecule has 0 radical (unpaired) electrons. The Morgan fingerprint density at radius 2 is 1.88 bits per heavy atom. The van der Waals surface area contributed by atoms with E-state index in [1.807, 2.05) is 0 Å². The second-order valence-electron chi connectivity index (χ2n) is 2.95. The molecule has 0 aromatic heterocycles. The Hall–Kier alpha value is -1.41. The fourth-order valence-electron chi connectivity index (χ4n) is 0.728. The number of aliphatic carboxylic acids is 1. The summed E-state index contributed by atoms with van der Waals surface area (Å²) in [5.74, 6) is -2.61. The number of carbonyl (C=O) groups excluding carboxylic acids is 1. The molecule has 16 heavy (non-hydrogen) atoms. The SMILES string of the molecule is C=C(CC(=O)OCCCS(=O)(=O)O)C(=O)O. The van der Waals surface area contributed by atoms with Gasteiger partial charge in [0.25, 0.3) is 10.1 Å². The lowest BCUT2D eigenvalue weighted by atomic mass is 10.2. The standard InChI is InChI=1S/C8H12O7S/c1-6(8(10)11)5-7(9)15-3-2-4-16(12,13)14/h1-5H2,(H,10,11)(H,12,13,14). The number of hydrogen-bond acceptors (Lipinski definition) is 5. The van der Waals surface area contributed by atoms with Gasteiger partial charge in [0.05, 0.1) is 18.8 Å². The summed E-state index contributed by atoms with van der Waals surface area (Å²) >= 11 is 0. The highest BCUT2D eigenvalue weighted by Gasteiger charge is 2.11. The second-order valence-corrected chi connectivity index (χ2v) is 4.52. The van der Waals surface area contributed by atoms with Crippen LogP contribution in [0.4, 0.5) is 0 Å². The molecule has 0 aliphatic rings. The lowest BCUT2D eigenvalue weighted by Crippen LogP contribution is -2.13. The van der Waals surface area contributed by atoms with Gasteiger partial charge in [-0.3, -0.25) is 9.35 Å². The summed E-state index contributed by atoms with van der Waals surface area (Å²) in [5.41, 5.74) is -0.306. The zero-order valence-electron chi connectivity index (χ0n) is 8.38. The molecule has 0 spiro atoms. The van der Waals surface area contributed by atoms with Gasteiger partial charge >= 0.3 is 11.9 Å². The Labute approximate surface area is 92.5 Å². The molecule has 0 aromatic rings. The van der Waals surface area contributed by atoms with Crippen molar-refractivity contribution in [2.45, 2.75) is 12.8 Å². The predicted octanol–water partition coefficient (Wildman–Crippen LogP) is -0.162. The van der Waals surface area contributed by atoms with Gasteiger partial charge in [-0.15, -0.1) is 0 Å². The van der Waals surface area contributed by atoms with Crippen molar-refractivity contribution < 1.29 is 32.4 Å². The van der Waals surface area contributed by atoms with Crippen LogP contribution in [0.3, 0.4) is 0 Å². The van der Waals surface area contributed by atoms with E-state index in [9.17, 15) is 18.0 Å². The molecule has 0 saturated heterocycles. The van der Waals surface area contributed by atoms with Crippen LogP contribution in [-0.2, 0) is 24.4 Å². The number of carboxylic acids is 1. The molecule has 0 unspecified atom stereocenters. The summed E-state index contributed by atoms with van der Waals surface area (Å²) in [7, 11) is -4.06. The van der Waals surface area contributed by atoms with Gasteiger partial charge in [-0.2, -0.15) is 8.42 Å². The van der Waals surface area contributed by atoms with E-state index in [4.69, 9.17) is 9.66 Å². The molecule has 92 valence electrons. The molecule has 0 saturated carbocycles. The lowest BCUT2D eigenvalue weighted by molar-refractivity contribution is -0.144. The minimum atomic E-state index is -4.06. The summed E-state index contributed by atoms with van der Waals surface area (Å²) in [5, 5.41) is 8.39. The van der Waals surface area contributed by atoms with Gasteiger partial charge < -0.3 is 9.84 Å². The predicted molar refractivity (Wildman–Crippen MR) is 53.4 cm³/mol. The van der Waals surface area contributed by atoms with E-state index in [1.54, 1.807) is 0 Å². The van der Waals surface area contributed by atoms with Gasteiger partial charge in [0.15, 0.2) is 0 Å². The van der Waals surface area contributed by atoms with Gasteiger partial charge in [-0.1, -0.05) is 6.58 Å². The number of carbonyl (C=O) groups is 2. The molecule has 0 aliphatic heterocycles. The fraction of sp³-hybridized carbons (Fsp3) is 0.500. The first-order chi connectivity index (χ1) is 7.22. The maximum atomic E-state index is 10.9. The largest absolute Gasteiger partial charge is 0.478 e. The lowest BCUT2D eigenvalue weighted by Gasteiger charge is -2.03. The Morgan fingerprint density at radius 3 is 2.31 bits per heavy atom. The highest BCUT2D eigenvalue weighted by molar-refractivity contribution is 7.85. The molecular formula is C8H12O7S. The first-order valence-corrected chi connectivity index (χ1v) is 5.85. The summed E-state index contributed by atoms with van der Waals surface area (Å²) in [6.45, 7) is 2.92. The van der Waals surface area contributed by atoms with Crippen molar-refractivity contribution in [2.24, 2.45) is 0 Å². The summed E-state index contributed by atoms with van der Waals surface area (Å²) in [4.78, 5) is 21.2. The van der Waals surface area contributed by atoms with E-state index in [0.717, 1.165) is 0 Å². The van der Waals surface area contributed by atoms with E-state index in [1.165, 1.54) is 0 Å². The quantitative estimate of drug-likeness (QED) is 0.279. The number of ether oxygens (including phenoxy) is 1. The molecule has 0 amide bonds. The van der Waals surface area contributed by atoms with Crippen LogP contribution in [0.1, 0.15) is 12.8 Å². The molecule has 2 N–H and O–H groups in total. The fourth-order valence-corrected chi connectivity index (χ4v) is 1.21. The minimum absolute atomic E-state index is 0.0515. The van der Waals surface area contributed by atoms with Gasteiger partial charge in [0, 0.05) is 5.57 Å². The van der Waals surface area contributed by atoms with Crippen LogP contribution >= 0.6 is 0 Å². The minimum Gasteiger partial charge on any atom is -0.478 e. The van der Waals surface area contributed by atoms with E-state index in [-0.39, 0.29) is 18.6 Å². The van der Waals surface area contributed by atoms with Crippen molar-refractivity contribution in [2.75, 3.05) is 12.4 Å². The Balaban J connectivity index is 3.75. The van der Waals surface area contributed by atoms with Crippen LogP contribution in [0.15, 0.2) is 12.2 Å². The summed E-state index contributed by atoms with van der Waals surface area (Å²) < 4.78 is 33.4. The normalized spacial score (nSPS) is 10.8. The number of hydrogen-bond donors (Lipinski definition) is 2. The third kappa shape index (κ3) is 7.94. The Bertz CT molecular complexity index is 381. The molecule has 8 heteroatoms. The van der Waals surface area contributed by atoms with Crippen molar-refractivity contribution in [1.29, 1.82) is 0 Å². The average molecular weight is 252 g/mol. The third-order valence-corrected chi connectivity index (χ3v) is 2.27. The first-order valence-electron chi connectivity index (χ1n) is 4.24. The third-order valence-electron chi connectivity index (χ3n) is 1.47. The molecule has 0 rings (SSSR count). The smallest absolute Gasteiger partial charge is 0.331 e. The second kappa shape index (κ2) is 6.23. The maximum absolute atomic E-state index is 10.9. The zero-order chi connectivity index (χ0) is 12.8. The first kappa shape index (κ1) is 14.6. The molecular weight excluding hydrogens is 240 g/mol. The highest BCUT2D eigenvalue weighted by atomic mass is 32.2. The van der Waals surface area contributed by atoms with Gasteiger partial charge in [-0.25, -0.2) is 4.79 Å². The number of esters is 1. The van der Waals surface area contributed by atoms with Crippen LogP contribution in [-0.4, -0.2) is 42.4 Å². The molecule has 0 heterocycles. The number of carboxylic acid groups (broad SMARTS) is 1. The summed E-state index contributed by atoms with van der Waals surface area (Å²) in [6, 6.07) is 0. The van der Waals surface area contributed by atoms with Crippen molar-refractivity contribution in [1.82, 2.24) is 0 Å². The molecule has 7 nitrogen and oxygen atoms in total. The molecule has 0 atom stereocenters. The van der Waals surface area contributed by atoms with E-state index in [0.29, 0.717) is 0 Å². The maximum Gasteiger partial charge on any atom is 0.331 e. The van der Waals surface area contributed by atoms with Crippen LogP contribution in [0.2, 0.25) is 0 Å². The molecule has 0 fully saturated rings. The van der Waals surface area contributed by atoms with Gasteiger partial charge in [-0.05, 0) is 6.42 Å². The van der Waals surface area contributed by atoms with E-state index in [2.05, 4.69) is 11.3 Å². The average Bonchev–Trinajstić information content (AvgIpc) is 2.10. The van der Waals surface area contributed by atoms with Crippen molar-refractivity contribution in [3.05, 3.63) is 12.2 Å². The monoisotopic (exact) mass is 252 g/mol. The number of rotatable bonds is 7. The molecule has 0 aliphatic carbocycles. The van der Waals surface area contributed by atoms with Crippen LogP contribution < -0.4 is 0 Å². The Kier molecular flexibility index (Phi) is 5.68. The van der Waals surface area contributed by atoms with Crippen molar-refractivity contribution in [3.63, 3.8) is 0 Å². The van der Waals surface area contributed by atoms with Crippen molar-refractivity contribution >= 4 is 22.1 Å². The van der Waals surface area contributed by atoms with Gasteiger partial charge in [0.2, 0.25) is 0 Å². The van der Waals surface area contributed by atoms with Crippen LogP contribution in [0.5, 0.6) is 0 Å². The molecule has 0 aromatic carbocycles. The topological polar surface area (TPSA) is 118 Å².